The number of carbonyl (C=O) groups excluding carboxylic acids is 1. The number of hydrogen-bond acceptors (Lipinski definition) is 4. The van der Waals surface area contributed by atoms with Gasteiger partial charge in [0.1, 0.15) is 10.7 Å². The van der Waals surface area contributed by atoms with Crippen molar-refractivity contribution < 1.29 is 4.79 Å². The molecule has 1 amide bonds. The molecule has 0 atom stereocenters. The number of thiazole rings is 1. The van der Waals surface area contributed by atoms with Crippen molar-refractivity contribution in [2.45, 2.75) is 18.9 Å². The van der Waals surface area contributed by atoms with Crippen LogP contribution in [-0.4, -0.2) is 30.0 Å². The molecule has 1 aromatic carbocycles. The molecule has 2 heterocycles. The van der Waals surface area contributed by atoms with Crippen LogP contribution in [0.1, 0.15) is 23.3 Å². The Morgan fingerprint density at radius 1 is 1.27 bits per heavy atom. The maximum atomic E-state index is 12.2. The predicted molar refractivity (Wildman–Crippen MR) is 90.9 cm³/mol. The molecule has 2 N–H and O–H groups in total. The van der Waals surface area contributed by atoms with Gasteiger partial charge in [-0.15, -0.1) is 11.3 Å². The van der Waals surface area contributed by atoms with E-state index in [0.29, 0.717) is 15.7 Å². The van der Waals surface area contributed by atoms with E-state index >= 15 is 0 Å². The third-order valence-corrected chi connectivity index (χ3v) is 5.21. The maximum absolute atomic E-state index is 12.2. The minimum absolute atomic E-state index is 0.116. The van der Waals surface area contributed by atoms with Crippen LogP contribution in [0.15, 0.2) is 23.6 Å². The van der Waals surface area contributed by atoms with Gasteiger partial charge in [0.25, 0.3) is 5.91 Å². The normalized spacial score (nSPS) is 15.7. The molecule has 2 aromatic rings. The summed E-state index contributed by atoms with van der Waals surface area (Å²) in [5.41, 5.74) is 1.31. The van der Waals surface area contributed by atoms with E-state index in [2.05, 4.69) is 15.6 Å². The zero-order valence-electron chi connectivity index (χ0n) is 11.7. The Kier molecular flexibility index (Phi) is 4.98. The maximum Gasteiger partial charge on any atom is 0.270 e. The van der Waals surface area contributed by atoms with E-state index in [0.717, 1.165) is 36.5 Å². The second-order valence-electron chi connectivity index (χ2n) is 5.16. The number of rotatable bonds is 3. The number of halogens is 2. The highest BCUT2D eigenvalue weighted by atomic mass is 35.5. The van der Waals surface area contributed by atoms with Gasteiger partial charge in [0.15, 0.2) is 0 Å². The molecule has 3 rings (SSSR count). The van der Waals surface area contributed by atoms with Gasteiger partial charge in [-0.1, -0.05) is 29.3 Å². The molecule has 1 saturated heterocycles. The molecule has 4 nitrogen and oxygen atoms in total. The summed E-state index contributed by atoms with van der Waals surface area (Å²) in [5.74, 6) is -0.116. The monoisotopic (exact) mass is 355 g/mol. The standard InChI is InChI=1S/C15H15Cl2N3OS/c16-11-2-1-9(7-12(11)17)15-20-13(8-22-15)14(21)19-10-3-5-18-6-4-10/h1-2,7-8,10,18H,3-6H2,(H,19,21). The molecule has 116 valence electrons. The van der Waals surface area contributed by atoms with E-state index in [-0.39, 0.29) is 11.9 Å². The molecule has 22 heavy (non-hydrogen) atoms. The van der Waals surface area contributed by atoms with Crippen molar-refractivity contribution in [3.8, 4) is 10.6 Å². The fourth-order valence-electron chi connectivity index (χ4n) is 2.37. The van der Waals surface area contributed by atoms with E-state index < -0.39 is 0 Å². The van der Waals surface area contributed by atoms with E-state index in [1.54, 1.807) is 17.5 Å². The van der Waals surface area contributed by atoms with Crippen LogP contribution in [0, 0.1) is 0 Å². The Morgan fingerprint density at radius 2 is 2.05 bits per heavy atom. The summed E-state index contributed by atoms with van der Waals surface area (Å²) in [6.07, 6.45) is 1.91. The van der Waals surface area contributed by atoms with Crippen LogP contribution in [0.4, 0.5) is 0 Å². The SMILES string of the molecule is O=C(NC1CCNCC1)c1csc(-c2ccc(Cl)c(Cl)c2)n1. The van der Waals surface area contributed by atoms with Crippen molar-refractivity contribution in [2.24, 2.45) is 0 Å². The highest BCUT2D eigenvalue weighted by molar-refractivity contribution is 7.13. The first-order valence-corrected chi connectivity index (χ1v) is 8.69. The van der Waals surface area contributed by atoms with Gasteiger partial charge in [0.2, 0.25) is 0 Å². The molecule has 0 saturated carbocycles. The lowest BCUT2D eigenvalue weighted by atomic mass is 10.1. The van der Waals surface area contributed by atoms with Crippen LogP contribution in [0.25, 0.3) is 10.6 Å². The predicted octanol–water partition coefficient (Wildman–Crippen LogP) is 3.60. The first-order valence-electron chi connectivity index (χ1n) is 7.06. The molecule has 0 spiro atoms. The lowest BCUT2D eigenvalue weighted by molar-refractivity contribution is 0.0925. The highest BCUT2D eigenvalue weighted by Gasteiger charge is 2.18. The third-order valence-electron chi connectivity index (χ3n) is 3.58. The van der Waals surface area contributed by atoms with Gasteiger partial charge in [0.05, 0.1) is 10.0 Å². The van der Waals surface area contributed by atoms with Crippen molar-refractivity contribution >= 4 is 40.4 Å². The van der Waals surface area contributed by atoms with Crippen molar-refractivity contribution in [2.75, 3.05) is 13.1 Å². The van der Waals surface area contributed by atoms with Gasteiger partial charge >= 0.3 is 0 Å². The second kappa shape index (κ2) is 6.96. The molecule has 1 aliphatic rings. The summed E-state index contributed by atoms with van der Waals surface area (Å²) in [6.45, 7) is 1.88. The van der Waals surface area contributed by atoms with E-state index in [9.17, 15) is 4.79 Å². The third kappa shape index (κ3) is 3.60. The van der Waals surface area contributed by atoms with Crippen LogP contribution < -0.4 is 10.6 Å². The number of nitrogens with zero attached hydrogens (tertiary/aromatic N) is 1. The molecule has 1 aliphatic heterocycles. The summed E-state index contributed by atoms with van der Waals surface area (Å²) in [5, 5.41) is 9.83. The first kappa shape index (κ1) is 15.7. The lowest BCUT2D eigenvalue weighted by Gasteiger charge is -2.23. The van der Waals surface area contributed by atoms with Crippen molar-refractivity contribution in [3.05, 3.63) is 39.3 Å². The average Bonchev–Trinajstić information content (AvgIpc) is 3.01. The topological polar surface area (TPSA) is 54.0 Å². The van der Waals surface area contributed by atoms with Gasteiger partial charge in [-0.3, -0.25) is 4.79 Å². The van der Waals surface area contributed by atoms with Crippen molar-refractivity contribution in [3.63, 3.8) is 0 Å². The van der Waals surface area contributed by atoms with Crippen LogP contribution >= 0.6 is 34.5 Å². The summed E-state index contributed by atoms with van der Waals surface area (Å²) in [4.78, 5) is 16.6. The molecule has 0 bridgehead atoms. The zero-order valence-corrected chi connectivity index (χ0v) is 14.1. The number of carbonyl (C=O) groups is 1. The number of amides is 1. The fourth-order valence-corrected chi connectivity index (χ4v) is 3.46. The van der Waals surface area contributed by atoms with E-state index in [1.165, 1.54) is 11.3 Å². The van der Waals surface area contributed by atoms with Crippen molar-refractivity contribution in [1.29, 1.82) is 0 Å². The molecule has 0 aliphatic carbocycles. The molecule has 1 fully saturated rings. The molecular formula is C15H15Cl2N3OS. The molecular weight excluding hydrogens is 341 g/mol. The van der Waals surface area contributed by atoms with Crippen molar-refractivity contribution in [1.82, 2.24) is 15.6 Å². The lowest BCUT2D eigenvalue weighted by Crippen LogP contribution is -2.42. The van der Waals surface area contributed by atoms with Gasteiger partial charge < -0.3 is 10.6 Å². The second-order valence-corrected chi connectivity index (χ2v) is 6.84. The van der Waals surface area contributed by atoms with Crippen LogP contribution in [0.3, 0.4) is 0 Å². The minimum atomic E-state index is -0.116. The number of piperidine rings is 1. The molecule has 0 radical (unpaired) electrons. The Balaban J connectivity index is 1.72. The number of hydrogen-bond donors (Lipinski definition) is 2. The molecule has 7 heteroatoms. The van der Waals surface area contributed by atoms with Gasteiger partial charge in [-0.2, -0.15) is 0 Å². The Morgan fingerprint density at radius 3 is 2.77 bits per heavy atom. The Bertz CT molecular complexity index is 683. The number of aromatic nitrogens is 1. The quantitative estimate of drug-likeness (QED) is 0.884. The highest BCUT2D eigenvalue weighted by Crippen LogP contribution is 2.30. The van der Waals surface area contributed by atoms with Gasteiger partial charge in [0, 0.05) is 17.0 Å². The van der Waals surface area contributed by atoms with Crippen LogP contribution in [0.2, 0.25) is 10.0 Å². The summed E-state index contributed by atoms with van der Waals surface area (Å²) in [6, 6.07) is 5.57. The largest absolute Gasteiger partial charge is 0.348 e. The molecule has 1 aromatic heterocycles. The average molecular weight is 356 g/mol. The zero-order chi connectivity index (χ0) is 15.5. The van der Waals surface area contributed by atoms with Gasteiger partial charge in [-0.05, 0) is 38.1 Å². The van der Waals surface area contributed by atoms with E-state index in [4.69, 9.17) is 23.2 Å². The number of nitrogens with one attached hydrogen (secondary N) is 2. The van der Waals surface area contributed by atoms with Crippen LogP contribution in [0.5, 0.6) is 0 Å². The Labute approximate surface area is 142 Å². The van der Waals surface area contributed by atoms with Crippen LogP contribution in [-0.2, 0) is 0 Å². The number of benzene rings is 1. The van der Waals surface area contributed by atoms with E-state index in [1.807, 2.05) is 6.07 Å². The summed E-state index contributed by atoms with van der Waals surface area (Å²) >= 11 is 13.4. The summed E-state index contributed by atoms with van der Waals surface area (Å²) in [7, 11) is 0. The van der Waals surface area contributed by atoms with Gasteiger partial charge in [-0.25, -0.2) is 4.98 Å². The fraction of sp³-hybridized carbons (Fsp3) is 0.333. The molecule has 0 unspecified atom stereocenters. The smallest absolute Gasteiger partial charge is 0.270 e. The Hall–Kier alpha value is -1.14. The minimum Gasteiger partial charge on any atom is -0.348 e. The summed E-state index contributed by atoms with van der Waals surface area (Å²) < 4.78 is 0. The first-order chi connectivity index (χ1) is 10.6.